The van der Waals surface area contributed by atoms with Gasteiger partial charge in [0.1, 0.15) is 19.3 Å². The molecule has 1 heterocycles. The molecule has 11 nitrogen and oxygen atoms in total. The van der Waals surface area contributed by atoms with Gasteiger partial charge in [-0.05, 0) is 36.8 Å². The number of amides is 3. The molecule has 2 aromatic rings. The maximum absolute atomic E-state index is 13.4. The second kappa shape index (κ2) is 19.8. The van der Waals surface area contributed by atoms with Gasteiger partial charge in [-0.15, -0.1) is 13.2 Å². The van der Waals surface area contributed by atoms with Gasteiger partial charge in [0.15, 0.2) is 0 Å². The van der Waals surface area contributed by atoms with Crippen LogP contribution in [0.5, 0.6) is 0 Å². The molecule has 1 aliphatic rings. The minimum atomic E-state index is -1.06. The Morgan fingerprint density at radius 1 is 0.891 bits per heavy atom. The quantitative estimate of drug-likeness (QED) is 0.157. The van der Waals surface area contributed by atoms with Gasteiger partial charge in [0.25, 0.3) is 0 Å². The number of hydrogen-bond donors (Lipinski definition) is 3. The maximum atomic E-state index is 13.4. The van der Waals surface area contributed by atoms with Gasteiger partial charge < -0.3 is 34.9 Å². The van der Waals surface area contributed by atoms with Gasteiger partial charge in [0, 0.05) is 13.0 Å². The first-order chi connectivity index (χ1) is 22.3. The van der Waals surface area contributed by atoms with E-state index in [-0.39, 0.29) is 64.2 Å². The van der Waals surface area contributed by atoms with Gasteiger partial charge in [-0.2, -0.15) is 0 Å². The molecule has 11 heteroatoms. The Labute approximate surface area is 270 Å². The van der Waals surface area contributed by atoms with Crippen LogP contribution in [0.25, 0.3) is 0 Å². The number of nitrogens with one attached hydrogen (secondary N) is 2. The molecule has 3 rings (SSSR count). The predicted octanol–water partition coefficient (Wildman–Crippen LogP) is 3.67. The molecular weight excluding hydrogens is 590 g/mol. The Hall–Kier alpha value is -4.48. The lowest BCUT2D eigenvalue weighted by Gasteiger charge is -2.26. The number of likely N-dealkylation sites (tertiary alicyclic amines) is 1. The van der Waals surface area contributed by atoms with Crippen LogP contribution in [0.15, 0.2) is 86.0 Å². The summed E-state index contributed by atoms with van der Waals surface area (Å²) in [5.41, 5.74) is 1.72. The molecule has 0 radical (unpaired) electrons. The number of ether oxygens (including phenoxy) is 3. The van der Waals surface area contributed by atoms with Crippen LogP contribution in [-0.4, -0.2) is 78.4 Å². The molecule has 2 aromatic carbocycles. The zero-order valence-electron chi connectivity index (χ0n) is 26.2. The lowest BCUT2D eigenvalue weighted by molar-refractivity contribution is -0.148. The third-order valence-electron chi connectivity index (χ3n) is 7.55. The van der Waals surface area contributed by atoms with Gasteiger partial charge in [0.05, 0.1) is 37.8 Å². The van der Waals surface area contributed by atoms with Gasteiger partial charge in [-0.3, -0.25) is 9.59 Å². The van der Waals surface area contributed by atoms with Gasteiger partial charge >= 0.3 is 12.1 Å². The normalized spacial score (nSPS) is 16.0. The first kappa shape index (κ1) is 36.0. The van der Waals surface area contributed by atoms with Crippen molar-refractivity contribution in [2.45, 2.75) is 63.4 Å². The molecule has 0 saturated carbocycles. The number of esters is 1. The van der Waals surface area contributed by atoms with Crippen LogP contribution >= 0.6 is 0 Å². The van der Waals surface area contributed by atoms with Crippen LogP contribution < -0.4 is 10.6 Å². The molecule has 46 heavy (non-hydrogen) atoms. The minimum Gasteiger partial charge on any atom is -0.462 e. The summed E-state index contributed by atoms with van der Waals surface area (Å²) in [4.78, 5) is 53.6. The second-order valence-electron chi connectivity index (χ2n) is 11.1. The number of aliphatic hydroxyl groups excluding tert-OH is 1. The number of benzene rings is 2. The standard InChI is InChI=1S/C35H45N3O8/c1-3-12-28(20-32(40)38-19-11-18-30(38)21-39)33(41)36-29(24-44-22-26-14-7-5-8-15-26)25-45-34(42)31(13-4-2)37-35(43)46-23-27-16-9-6-10-17-27/h3-10,14-17,28-31,39H,1-2,11-13,18-25H2,(H,36,41)(H,37,43). The molecule has 0 aromatic heterocycles. The number of carbonyl (C=O) groups is 4. The summed E-state index contributed by atoms with van der Waals surface area (Å²) in [5.74, 6) is -2.07. The molecule has 0 aliphatic carbocycles. The lowest BCUT2D eigenvalue weighted by atomic mass is 9.98. The lowest BCUT2D eigenvalue weighted by Crippen LogP contribution is -2.48. The van der Waals surface area contributed by atoms with Crippen molar-refractivity contribution in [3.05, 3.63) is 97.1 Å². The van der Waals surface area contributed by atoms with E-state index >= 15 is 0 Å². The zero-order chi connectivity index (χ0) is 33.1. The molecule has 0 spiro atoms. The highest BCUT2D eigenvalue weighted by molar-refractivity contribution is 5.86. The van der Waals surface area contributed by atoms with Crippen LogP contribution in [0.4, 0.5) is 4.79 Å². The molecule has 3 amide bonds. The van der Waals surface area contributed by atoms with Crippen LogP contribution in [0.3, 0.4) is 0 Å². The Morgan fingerprint density at radius 3 is 2.17 bits per heavy atom. The summed E-state index contributed by atoms with van der Waals surface area (Å²) in [5, 5.41) is 15.0. The molecule has 1 saturated heterocycles. The van der Waals surface area contributed by atoms with Gasteiger partial charge in [0.2, 0.25) is 11.8 Å². The van der Waals surface area contributed by atoms with Gasteiger partial charge in [-0.1, -0.05) is 72.8 Å². The SMILES string of the molecule is C=CCC(CC(=O)N1CCCC1CO)C(=O)NC(COCc1ccccc1)COC(=O)C(CC=C)NC(=O)OCc1ccccc1. The van der Waals surface area contributed by atoms with Crippen molar-refractivity contribution in [1.82, 2.24) is 15.5 Å². The molecule has 1 aliphatic heterocycles. The van der Waals surface area contributed by atoms with Crippen molar-refractivity contribution < 1.29 is 38.5 Å². The Kier molecular flexibility index (Phi) is 15.5. The van der Waals surface area contributed by atoms with Crippen LogP contribution in [0.1, 0.15) is 43.2 Å². The predicted molar refractivity (Wildman–Crippen MR) is 172 cm³/mol. The van der Waals surface area contributed by atoms with E-state index in [4.69, 9.17) is 14.2 Å². The highest BCUT2D eigenvalue weighted by atomic mass is 16.6. The van der Waals surface area contributed by atoms with Crippen LogP contribution in [0, 0.1) is 5.92 Å². The van der Waals surface area contributed by atoms with E-state index in [0.717, 1.165) is 24.0 Å². The largest absolute Gasteiger partial charge is 0.462 e. The third-order valence-corrected chi connectivity index (χ3v) is 7.55. The number of aliphatic hydroxyl groups is 1. The molecule has 0 bridgehead atoms. The molecule has 1 fully saturated rings. The van der Waals surface area contributed by atoms with E-state index in [1.165, 1.54) is 6.08 Å². The van der Waals surface area contributed by atoms with E-state index < -0.39 is 36.0 Å². The van der Waals surface area contributed by atoms with Crippen molar-refractivity contribution in [2.24, 2.45) is 5.92 Å². The number of carbonyl (C=O) groups excluding carboxylic acids is 4. The average molecular weight is 636 g/mol. The summed E-state index contributed by atoms with van der Waals surface area (Å²) in [7, 11) is 0. The first-order valence-corrected chi connectivity index (χ1v) is 15.5. The van der Waals surface area contributed by atoms with Gasteiger partial charge in [-0.25, -0.2) is 9.59 Å². The zero-order valence-corrected chi connectivity index (χ0v) is 26.2. The molecule has 4 unspecified atom stereocenters. The summed E-state index contributed by atoms with van der Waals surface area (Å²) >= 11 is 0. The summed E-state index contributed by atoms with van der Waals surface area (Å²) < 4.78 is 16.6. The number of nitrogens with zero attached hydrogens (tertiary/aromatic N) is 1. The fourth-order valence-corrected chi connectivity index (χ4v) is 5.08. The van der Waals surface area contributed by atoms with Crippen molar-refractivity contribution in [1.29, 1.82) is 0 Å². The minimum absolute atomic E-state index is 0.0139. The molecule has 3 N–H and O–H groups in total. The summed E-state index contributed by atoms with van der Waals surface area (Å²) in [6.45, 7) is 7.87. The number of rotatable bonds is 19. The summed E-state index contributed by atoms with van der Waals surface area (Å²) in [6.07, 6.45) is 4.08. The smallest absolute Gasteiger partial charge is 0.408 e. The molecule has 248 valence electrons. The van der Waals surface area contributed by atoms with E-state index in [1.54, 1.807) is 11.0 Å². The second-order valence-corrected chi connectivity index (χ2v) is 11.1. The highest BCUT2D eigenvalue weighted by Crippen LogP contribution is 2.21. The monoisotopic (exact) mass is 635 g/mol. The van der Waals surface area contributed by atoms with Crippen LogP contribution in [0.2, 0.25) is 0 Å². The van der Waals surface area contributed by atoms with Crippen molar-refractivity contribution >= 4 is 23.9 Å². The van der Waals surface area contributed by atoms with Crippen molar-refractivity contribution in [3.8, 4) is 0 Å². The van der Waals surface area contributed by atoms with Crippen molar-refractivity contribution in [3.63, 3.8) is 0 Å². The summed E-state index contributed by atoms with van der Waals surface area (Å²) in [6, 6.07) is 16.5. The Bertz CT molecular complexity index is 1270. The molecular formula is C35H45N3O8. The van der Waals surface area contributed by atoms with E-state index in [0.29, 0.717) is 6.54 Å². The first-order valence-electron chi connectivity index (χ1n) is 15.5. The number of allylic oxidation sites excluding steroid dienone is 1. The maximum Gasteiger partial charge on any atom is 0.408 e. The number of alkyl carbamates (subject to hydrolysis) is 1. The fourth-order valence-electron chi connectivity index (χ4n) is 5.08. The number of hydrogen-bond acceptors (Lipinski definition) is 8. The van der Waals surface area contributed by atoms with E-state index in [1.807, 2.05) is 60.7 Å². The fraction of sp³-hybridized carbons (Fsp3) is 0.429. The van der Waals surface area contributed by atoms with E-state index in [2.05, 4.69) is 23.8 Å². The molecule has 4 atom stereocenters. The van der Waals surface area contributed by atoms with Crippen LogP contribution in [-0.2, 0) is 41.8 Å². The Morgan fingerprint density at radius 2 is 1.54 bits per heavy atom. The van der Waals surface area contributed by atoms with Crippen molar-refractivity contribution in [2.75, 3.05) is 26.4 Å². The third kappa shape index (κ3) is 12.1. The average Bonchev–Trinajstić information content (AvgIpc) is 3.56. The Balaban J connectivity index is 1.62. The highest BCUT2D eigenvalue weighted by Gasteiger charge is 2.32. The topological polar surface area (TPSA) is 144 Å². The van der Waals surface area contributed by atoms with E-state index in [9.17, 15) is 24.3 Å².